The molecule has 0 saturated carbocycles. The Bertz CT molecular complexity index is 432. The summed E-state index contributed by atoms with van der Waals surface area (Å²) in [4.78, 5) is 13.0. The van der Waals surface area contributed by atoms with E-state index in [1.807, 2.05) is 13.1 Å². The number of carbonyl (C=O) groups is 1. The van der Waals surface area contributed by atoms with Crippen LogP contribution in [0.5, 0.6) is 0 Å². The summed E-state index contributed by atoms with van der Waals surface area (Å²) < 4.78 is 13.0. The Hall–Kier alpha value is -1.42. The third-order valence-electron chi connectivity index (χ3n) is 3.26. The Morgan fingerprint density at radius 1 is 1.42 bits per heavy atom. The van der Waals surface area contributed by atoms with Crippen molar-refractivity contribution < 1.29 is 14.3 Å². The van der Waals surface area contributed by atoms with Gasteiger partial charge in [0.2, 0.25) is 0 Å². The lowest BCUT2D eigenvalue weighted by molar-refractivity contribution is -0.147. The molecule has 3 nitrogen and oxygen atoms in total. The highest BCUT2D eigenvalue weighted by molar-refractivity contribution is 5.73. The average Bonchev–Trinajstić information content (AvgIpc) is 2.28. The second kappa shape index (κ2) is 6.66. The molecule has 0 atom stereocenters. The Labute approximate surface area is 114 Å². The molecule has 0 saturated heterocycles. The van der Waals surface area contributed by atoms with Crippen molar-refractivity contribution in [2.45, 2.75) is 33.2 Å². The molecule has 1 N–H and O–H groups in total. The summed E-state index contributed by atoms with van der Waals surface area (Å²) in [5.41, 5.74) is 0.250. The number of nitrogens with zero attached hydrogens (tertiary/aromatic N) is 1. The minimum Gasteiger partial charge on any atom is -0.481 e. The van der Waals surface area contributed by atoms with Gasteiger partial charge in [-0.2, -0.15) is 0 Å². The van der Waals surface area contributed by atoms with Gasteiger partial charge in [-0.3, -0.25) is 4.79 Å². The predicted molar refractivity (Wildman–Crippen MR) is 73.4 cm³/mol. The van der Waals surface area contributed by atoms with Gasteiger partial charge in [-0.25, -0.2) is 4.39 Å². The third kappa shape index (κ3) is 5.39. The molecule has 1 rings (SSSR count). The van der Waals surface area contributed by atoms with Crippen LogP contribution in [0.2, 0.25) is 0 Å². The second-order valence-electron chi connectivity index (χ2n) is 5.66. The fraction of sp³-hybridized carbons (Fsp3) is 0.533. The molecule has 19 heavy (non-hydrogen) atoms. The molecule has 0 aliphatic carbocycles. The lowest BCUT2D eigenvalue weighted by Gasteiger charge is -2.21. The van der Waals surface area contributed by atoms with Crippen molar-refractivity contribution >= 4 is 5.97 Å². The van der Waals surface area contributed by atoms with Crippen LogP contribution in [0.4, 0.5) is 4.39 Å². The van der Waals surface area contributed by atoms with E-state index in [1.165, 1.54) is 12.1 Å². The van der Waals surface area contributed by atoms with Crippen LogP contribution in [-0.4, -0.2) is 29.6 Å². The van der Waals surface area contributed by atoms with Gasteiger partial charge >= 0.3 is 5.97 Å². The fourth-order valence-electron chi connectivity index (χ4n) is 1.92. The maximum atomic E-state index is 13.0. The molecule has 0 unspecified atom stereocenters. The minimum atomic E-state index is -0.764. The molecule has 0 bridgehead atoms. The smallest absolute Gasteiger partial charge is 0.309 e. The quantitative estimate of drug-likeness (QED) is 0.825. The Balaban J connectivity index is 2.36. The Kier molecular flexibility index (Phi) is 5.48. The minimum absolute atomic E-state index is 0.224. The number of benzene rings is 1. The van der Waals surface area contributed by atoms with Gasteiger partial charge in [0.15, 0.2) is 0 Å². The first-order chi connectivity index (χ1) is 8.81. The van der Waals surface area contributed by atoms with Gasteiger partial charge < -0.3 is 10.0 Å². The van der Waals surface area contributed by atoms with E-state index in [-0.39, 0.29) is 5.82 Å². The van der Waals surface area contributed by atoms with Crippen molar-refractivity contribution in [1.82, 2.24) is 4.90 Å². The highest BCUT2D eigenvalue weighted by atomic mass is 19.1. The van der Waals surface area contributed by atoms with Crippen molar-refractivity contribution in [2.24, 2.45) is 5.41 Å². The van der Waals surface area contributed by atoms with Gasteiger partial charge in [0.1, 0.15) is 5.82 Å². The van der Waals surface area contributed by atoms with Gasteiger partial charge in [-0.1, -0.05) is 12.1 Å². The van der Waals surface area contributed by atoms with E-state index in [0.717, 1.165) is 18.5 Å². The molecule has 0 amide bonds. The number of carboxylic acids is 1. The molecule has 0 heterocycles. The summed E-state index contributed by atoms with van der Waals surface area (Å²) in [6.45, 7) is 4.95. The van der Waals surface area contributed by atoms with Gasteiger partial charge in [-0.05, 0) is 58.0 Å². The average molecular weight is 267 g/mol. The Morgan fingerprint density at radius 2 is 2.11 bits per heavy atom. The van der Waals surface area contributed by atoms with E-state index in [2.05, 4.69) is 4.90 Å². The fourth-order valence-corrected chi connectivity index (χ4v) is 1.92. The van der Waals surface area contributed by atoms with Crippen molar-refractivity contribution in [3.8, 4) is 0 Å². The van der Waals surface area contributed by atoms with Gasteiger partial charge in [0.25, 0.3) is 0 Å². The lowest BCUT2D eigenvalue weighted by atomic mass is 9.88. The number of halogens is 1. The first-order valence-corrected chi connectivity index (χ1v) is 6.47. The lowest BCUT2D eigenvalue weighted by Crippen LogP contribution is -2.26. The monoisotopic (exact) mass is 267 g/mol. The molecular formula is C15H22FNO2. The zero-order chi connectivity index (χ0) is 14.5. The van der Waals surface area contributed by atoms with E-state index in [4.69, 9.17) is 5.11 Å². The van der Waals surface area contributed by atoms with Crippen molar-refractivity contribution in [3.63, 3.8) is 0 Å². The van der Waals surface area contributed by atoms with Crippen LogP contribution < -0.4 is 0 Å². The highest BCUT2D eigenvalue weighted by Gasteiger charge is 2.26. The normalized spacial score (nSPS) is 11.8. The number of carboxylic acid groups (broad SMARTS) is 1. The first-order valence-electron chi connectivity index (χ1n) is 6.47. The number of hydrogen-bond acceptors (Lipinski definition) is 2. The standard InChI is InChI=1S/C15H22FNO2/c1-15(2,14(18)19)8-5-9-17(3)11-12-6-4-7-13(16)10-12/h4,6-7,10H,5,8-9,11H2,1-3H3,(H,18,19). The van der Waals surface area contributed by atoms with Crippen molar-refractivity contribution in [1.29, 1.82) is 0 Å². The van der Waals surface area contributed by atoms with E-state index < -0.39 is 11.4 Å². The van der Waals surface area contributed by atoms with E-state index in [0.29, 0.717) is 13.0 Å². The van der Waals surface area contributed by atoms with E-state index in [1.54, 1.807) is 19.9 Å². The summed E-state index contributed by atoms with van der Waals surface area (Å²) in [6, 6.07) is 6.55. The van der Waals surface area contributed by atoms with Crippen molar-refractivity contribution in [3.05, 3.63) is 35.6 Å². The SMILES string of the molecule is CN(CCCC(C)(C)C(=O)O)Cc1cccc(F)c1. The number of rotatable bonds is 7. The zero-order valence-corrected chi connectivity index (χ0v) is 11.8. The summed E-state index contributed by atoms with van der Waals surface area (Å²) >= 11 is 0. The topological polar surface area (TPSA) is 40.5 Å². The van der Waals surface area contributed by atoms with Gasteiger partial charge in [-0.15, -0.1) is 0 Å². The molecule has 0 spiro atoms. The first kappa shape index (κ1) is 15.6. The van der Waals surface area contributed by atoms with Crippen LogP contribution in [0, 0.1) is 11.2 Å². The molecule has 4 heteroatoms. The number of hydrogen-bond donors (Lipinski definition) is 1. The third-order valence-corrected chi connectivity index (χ3v) is 3.26. The summed E-state index contributed by atoms with van der Waals surface area (Å²) in [5.74, 6) is -0.988. The molecule has 1 aromatic carbocycles. The molecule has 0 fully saturated rings. The molecule has 0 radical (unpaired) electrons. The Morgan fingerprint density at radius 3 is 2.68 bits per heavy atom. The molecule has 0 aliphatic heterocycles. The summed E-state index contributed by atoms with van der Waals surface area (Å²) in [7, 11) is 1.96. The van der Waals surface area contributed by atoms with Crippen molar-refractivity contribution in [2.75, 3.05) is 13.6 Å². The zero-order valence-electron chi connectivity index (χ0n) is 11.8. The van der Waals surface area contributed by atoms with Gasteiger partial charge in [0, 0.05) is 6.54 Å². The molecule has 1 aromatic rings. The molecular weight excluding hydrogens is 245 g/mol. The second-order valence-corrected chi connectivity index (χ2v) is 5.66. The van der Waals surface area contributed by atoms with Gasteiger partial charge in [0.05, 0.1) is 5.41 Å². The highest BCUT2D eigenvalue weighted by Crippen LogP contribution is 2.22. The van der Waals surface area contributed by atoms with Crippen LogP contribution >= 0.6 is 0 Å². The maximum Gasteiger partial charge on any atom is 0.309 e. The summed E-state index contributed by atoms with van der Waals surface area (Å²) in [5, 5.41) is 9.02. The maximum absolute atomic E-state index is 13.0. The van der Waals surface area contributed by atoms with Crippen LogP contribution in [0.15, 0.2) is 24.3 Å². The predicted octanol–water partition coefficient (Wildman–Crippen LogP) is 3.15. The molecule has 0 aliphatic rings. The van der Waals surface area contributed by atoms with Crippen LogP contribution in [0.3, 0.4) is 0 Å². The van der Waals surface area contributed by atoms with Crippen LogP contribution in [-0.2, 0) is 11.3 Å². The molecule has 106 valence electrons. The molecule has 0 aromatic heterocycles. The van der Waals surface area contributed by atoms with Crippen LogP contribution in [0.1, 0.15) is 32.3 Å². The summed E-state index contributed by atoms with van der Waals surface area (Å²) in [6.07, 6.45) is 1.45. The van der Waals surface area contributed by atoms with E-state index in [9.17, 15) is 9.18 Å². The number of aliphatic carboxylic acids is 1. The largest absolute Gasteiger partial charge is 0.481 e. The van der Waals surface area contributed by atoms with Crippen LogP contribution in [0.25, 0.3) is 0 Å². The van der Waals surface area contributed by atoms with E-state index >= 15 is 0 Å².